The van der Waals surface area contributed by atoms with E-state index in [4.69, 9.17) is 5.73 Å². The van der Waals surface area contributed by atoms with Crippen LogP contribution in [0.3, 0.4) is 0 Å². The van der Waals surface area contributed by atoms with Gasteiger partial charge in [-0.25, -0.2) is 0 Å². The van der Waals surface area contributed by atoms with Crippen molar-refractivity contribution in [2.75, 3.05) is 13.1 Å². The van der Waals surface area contributed by atoms with Gasteiger partial charge in [-0.3, -0.25) is 0 Å². The van der Waals surface area contributed by atoms with Gasteiger partial charge in [0, 0.05) is 6.04 Å². The third-order valence-corrected chi connectivity index (χ3v) is 2.55. The number of nitrogens with one attached hydrogen (secondary N) is 1. The molecule has 12 heavy (non-hydrogen) atoms. The normalized spacial score (nSPS) is 18.8. The molecule has 0 heterocycles. The van der Waals surface area contributed by atoms with E-state index >= 15 is 0 Å². The second-order valence-corrected chi connectivity index (χ2v) is 4.01. The molecule has 0 rings (SSSR count). The zero-order valence-electron chi connectivity index (χ0n) is 8.93. The minimum Gasteiger partial charge on any atom is -0.328 e. The van der Waals surface area contributed by atoms with Crippen LogP contribution >= 0.6 is 0 Å². The summed E-state index contributed by atoms with van der Waals surface area (Å²) in [5.74, 6) is 1.36. The van der Waals surface area contributed by atoms with Crippen LogP contribution < -0.4 is 11.1 Å². The summed E-state index contributed by atoms with van der Waals surface area (Å²) in [6.45, 7) is 10.9. The summed E-state index contributed by atoms with van der Waals surface area (Å²) in [7, 11) is 0. The van der Waals surface area contributed by atoms with Gasteiger partial charge < -0.3 is 11.1 Å². The molecule has 2 heteroatoms. The van der Waals surface area contributed by atoms with Crippen molar-refractivity contribution in [3.05, 3.63) is 0 Å². The van der Waals surface area contributed by atoms with Crippen LogP contribution in [0, 0.1) is 11.8 Å². The highest BCUT2D eigenvalue weighted by molar-refractivity contribution is 4.66. The van der Waals surface area contributed by atoms with E-state index in [-0.39, 0.29) is 0 Å². The van der Waals surface area contributed by atoms with Crippen molar-refractivity contribution in [1.29, 1.82) is 0 Å². The van der Waals surface area contributed by atoms with Crippen molar-refractivity contribution in [1.82, 2.24) is 5.32 Å². The van der Waals surface area contributed by atoms with Crippen LogP contribution in [-0.2, 0) is 0 Å². The first-order chi connectivity index (χ1) is 5.57. The molecule has 3 unspecified atom stereocenters. The van der Waals surface area contributed by atoms with E-state index in [1.807, 2.05) is 0 Å². The van der Waals surface area contributed by atoms with Crippen molar-refractivity contribution >= 4 is 0 Å². The fourth-order valence-corrected chi connectivity index (χ4v) is 0.888. The molecule has 3 N–H and O–H groups in total. The second kappa shape index (κ2) is 6.44. The summed E-state index contributed by atoms with van der Waals surface area (Å²) >= 11 is 0. The molecule has 0 fully saturated rings. The Balaban J connectivity index is 3.30. The predicted molar refractivity (Wildman–Crippen MR) is 55.1 cm³/mol. The largest absolute Gasteiger partial charge is 0.328 e. The van der Waals surface area contributed by atoms with Gasteiger partial charge in [-0.2, -0.15) is 0 Å². The second-order valence-electron chi connectivity index (χ2n) is 4.01. The molecule has 0 spiro atoms. The minimum atomic E-state index is 0.300. The zero-order valence-corrected chi connectivity index (χ0v) is 8.93. The lowest BCUT2D eigenvalue weighted by Crippen LogP contribution is -2.34. The Bertz CT molecular complexity index is 102. The fraction of sp³-hybridized carbons (Fsp3) is 1.00. The molecule has 0 aliphatic rings. The van der Waals surface area contributed by atoms with Gasteiger partial charge in [0.05, 0.1) is 0 Å². The minimum absolute atomic E-state index is 0.300. The van der Waals surface area contributed by atoms with Crippen LogP contribution in [0.2, 0.25) is 0 Å². The number of hydrogen-bond donors (Lipinski definition) is 2. The lowest BCUT2D eigenvalue weighted by atomic mass is 10.0. The first kappa shape index (κ1) is 11.9. The molecule has 2 nitrogen and oxygen atoms in total. The van der Waals surface area contributed by atoms with Crippen LogP contribution in [0.5, 0.6) is 0 Å². The topological polar surface area (TPSA) is 38.0 Å². The molecular formula is C10H24N2. The number of hydrogen-bond acceptors (Lipinski definition) is 2. The summed E-state index contributed by atoms with van der Waals surface area (Å²) < 4.78 is 0. The quantitative estimate of drug-likeness (QED) is 0.639. The van der Waals surface area contributed by atoms with Crippen LogP contribution in [0.15, 0.2) is 0 Å². The standard InChI is InChI=1S/C10H24N2/c1-5-8(2)6-12-7-9(3)10(4)11/h8-10,12H,5-7,11H2,1-4H3. The molecule has 0 aliphatic heterocycles. The molecule has 0 radical (unpaired) electrons. The first-order valence-electron chi connectivity index (χ1n) is 5.04. The third-order valence-electron chi connectivity index (χ3n) is 2.55. The maximum Gasteiger partial charge on any atom is 0.00482 e. The van der Waals surface area contributed by atoms with Gasteiger partial charge in [-0.15, -0.1) is 0 Å². The smallest absolute Gasteiger partial charge is 0.00482 e. The van der Waals surface area contributed by atoms with Crippen molar-refractivity contribution in [3.8, 4) is 0 Å². The monoisotopic (exact) mass is 172 g/mol. The Morgan fingerprint density at radius 2 is 1.75 bits per heavy atom. The molecule has 0 saturated carbocycles. The highest BCUT2D eigenvalue weighted by Gasteiger charge is 2.06. The maximum atomic E-state index is 5.75. The van der Waals surface area contributed by atoms with E-state index < -0.39 is 0 Å². The summed E-state index contributed by atoms with van der Waals surface area (Å²) in [5, 5.41) is 3.44. The van der Waals surface area contributed by atoms with Crippen molar-refractivity contribution in [2.24, 2.45) is 17.6 Å². The Hall–Kier alpha value is -0.0800. The van der Waals surface area contributed by atoms with Gasteiger partial charge in [-0.1, -0.05) is 27.2 Å². The lowest BCUT2D eigenvalue weighted by Gasteiger charge is -2.17. The molecular weight excluding hydrogens is 148 g/mol. The fourth-order valence-electron chi connectivity index (χ4n) is 0.888. The predicted octanol–water partition coefficient (Wildman–Crippen LogP) is 1.61. The van der Waals surface area contributed by atoms with Gasteiger partial charge in [-0.05, 0) is 31.8 Å². The van der Waals surface area contributed by atoms with Gasteiger partial charge in [0.25, 0.3) is 0 Å². The van der Waals surface area contributed by atoms with Crippen molar-refractivity contribution in [3.63, 3.8) is 0 Å². The van der Waals surface area contributed by atoms with Gasteiger partial charge in [0.1, 0.15) is 0 Å². The Kier molecular flexibility index (Phi) is 6.39. The van der Waals surface area contributed by atoms with Crippen molar-refractivity contribution in [2.45, 2.75) is 40.2 Å². The van der Waals surface area contributed by atoms with E-state index in [1.54, 1.807) is 0 Å². The number of nitrogens with two attached hydrogens (primary N) is 1. The van der Waals surface area contributed by atoms with E-state index in [9.17, 15) is 0 Å². The van der Waals surface area contributed by atoms with Gasteiger partial charge in [0.15, 0.2) is 0 Å². The van der Waals surface area contributed by atoms with E-state index in [2.05, 4.69) is 33.0 Å². The van der Waals surface area contributed by atoms with Crippen LogP contribution in [-0.4, -0.2) is 19.1 Å². The van der Waals surface area contributed by atoms with Gasteiger partial charge >= 0.3 is 0 Å². The van der Waals surface area contributed by atoms with Crippen LogP contribution in [0.4, 0.5) is 0 Å². The average molecular weight is 172 g/mol. The molecule has 0 aromatic rings. The van der Waals surface area contributed by atoms with E-state index in [0.717, 1.165) is 19.0 Å². The third kappa shape index (κ3) is 5.56. The molecule has 0 aromatic carbocycles. The summed E-state index contributed by atoms with van der Waals surface area (Å²) in [5.41, 5.74) is 5.75. The summed E-state index contributed by atoms with van der Waals surface area (Å²) in [6.07, 6.45) is 1.25. The SMILES string of the molecule is CCC(C)CNCC(C)C(C)N. The Morgan fingerprint density at radius 3 is 2.17 bits per heavy atom. The summed E-state index contributed by atoms with van der Waals surface area (Å²) in [6, 6.07) is 0.300. The molecule has 74 valence electrons. The molecule has 3 atom stereocenters. The highest BCUT2D eigenvalue weighted by Crippen LogP contribution is 2.00. The highest BCUT2D eigenvalue weighted by atomic mass is 14.9. The van der Waals surface area contributed by atoms with Crippen LogP contribution in [0.1, 0.15) is 34.1 Å². The molecule has 0 amide bonds. The average Bonchev–Trinajstić information content (AvgIpc) is 2.03. The maximum absolute atomic E-state index is 5.75. The van der Waals surface area contributed by atoms with E-state index in [1.165, 1.54) is 6.42 Å². The molecule has 0 aliphatic carbocycles. The Morgan fingerprint density at radius 1 is 1.17 bits per heavy atom. The van der Waals surface area contributed by atoms with E-state index in [0.29, 0.717) is 12.0 Å². The zero-order chi connectivity index (χ0) is 9.56. The van der Waals surface area contributed by atoms with Gasteiger partial charge in [0.2, 0.25) is 0 Å². The van der Waals surface area contributed by atoms with Crippen molar-refractivity contribution < 1.29 is 0 Å². The van der Waals surface area contributed by atoms with Crippen LogP contribution in [0.25, 0.3) is 0 Å². The molecule has 0 aromatic heterocycles. The lowest BCUT2D eigenvalue weighted by molar-refractivity contribution is 0.415. The molecule has 0 saturated heterocycles. The Labute approximate surface area is 76.9 Å². The summed E-state index contributed by atoms with van der Waals surface area (Å²) in [4.78, 5) is 0. The first-order valence-corrected chi connectivity index (χ1v) is 5.04. The molecule has 0 bridgehead atoms. The number of rotatable bonds is 6.